The molecule has 0 saturated carbocycles. The zero-order valence-electron chi connectivity index (χ0n) is 24.9. The molecule has 236 valence electrons. The molecule has 45 heavy (non-hydrogen) atoms. The molecule has 1 aliphatic rings. The van der Waals surface area contributed by atoms with Crippen LogP contribution in [-0.4, -0.2) is 61.3 Å². The van der Waals surface area contributed by atoms with Crippen LogP contribution in [0.25, 0.3) is 0 Å². The van der Waals surface area contributed by atoms with E-state index >= 15 is 0 Å². The SMILES string of the molecule is CC(OC(=O)N[C@@H](Cc1cccc(S(=O)(=O)N2CC(Oc3ccccc3C#N)(c3ccccc3)C2)c1)C(=O)O)OC(=O)C(C)C. The quantitative estimate of drug-likeness (QED) is 0.220. The van der Waals surface area contributed by atoms with Crippen LogP contribution in [0.5, 0.6) is 5.75 Å². The van der Waals surface area contributed by atoms with Crippen molar-refractivity contribution in [2.24, 2.45) is 5.92 Å². The highest BCUT2D eigenvalue weighted by atomic mass is 32.2. The van der Waals surface area contributed by atoms with E-state index < -0.39 is 51.9 Å². The van der Waals surface area contributed by atoms with Gasteiger partial charge in [-0.2, -0.15) is 9.57 Å². The Kier molecular flexibility index (Phi) is 10.1. The van der Waals surface area contributed by atoms with E-state index in [1.54, 1.807) is 44.2 Å². The molecule has 12 nitrogen and oxygen atoms in total. The summed E-state index contributed by atoms with van der Waals surface area (Å²) in [6.07, 6.45) is -2.62. The summed E-state index contributed by atoms with van der Waals surface area (Å²) in [6.45, 7) is 4.46. The first-order valence-corrected chi connectivity index (χ1v) is 15.5. The van der Waals surface area contributed by atoms with E-state index in [0.29, 0.717) is 16.9 Å². The van der Waals surface area contributed by atoms with Gasteiger partial charge in [-0.25, -0.2) is 18.0 Å². The van der Waals surface area contributed by atoms with Crippen molar-refractivity contribution in [3.63, 3.8) is 0 Å². The lowest BCUT2D eigenvalue weighted by Crippen LogP contribution is -2.64. The lowest BCUT2D eigenvalue weighted by atomic mass is 9.87. The number of carboxylic acids is 1. The number of para-hydroxylation sites is 1. The molecule has 3 aromatic carbocycles. The Bertz CT molecular complexity index is 1700. The second-order valence-electron chi connectivity index (χ2n) is 10.8. The van der Waals surface area contributed by atoms with Crippen LogP contribution in [0.15, 0.2) is 83.8 Å². The third kappa shape index (κ3) is 7.78. The largest absolute Gasteiger partial charge is 0.480 e. The number of amides is 1. The molecule has 13 heteroatoms. The van der Waals surface area contributed by atoms with Gasteiger partial charge >= 0.3 is 18.0 Å². The summed E-state index contributed by atoms with van der Waals surface area (Å²) in [4.78, 5) is 35.9. The number of sulfonamides is 1. The molecule has 0 radical (unpaired) electrons. The summed E-state index contributed by atoms with van der Waals surface area (Å²) >= 11 is 0. The summed E-state index contributed by atoms with van der Waals surface area (Å²) in [6, 6.07) is 22.3. The minimum Gasteiger partial charge on any atom is -0.480 e. The molecule has 1 saturated heterocycles. The summed E-state index contributed by atoms with van der Waals surface area (Å²) in [5.41, 5.74) is 0.349. The normalized spacial score (nSPS) is 15.5. The Morgan fingerprint density at radius 2 is 1.64 bits per heavy atom. The minimum atomic E-state index is -4.05. The molecular formula is C32H33N3O9S. The molecule has 1 unspecified atom stereocenters. The molecule has 0 bridgehead atoms. The van der Waals surface area contributed by atoms with E-state index in [9.17, 15) is 33.2 Å². The number of carbonyl (C=O) groups is 3. The predicted octanol–water partition coefficient (Wildman–Crippen LogP) is 3.80. The van der Waals surface area contributed by atoms with Gasteiger partial charge < -0.3 is 24.6 Å². The van der Waals surface area contributed by atoms with Crippen molar-refractivity contribution in [1.29, 1.82) is 5.26 Å². The first kappa shape index (κ1) is 33.0. The molecule has 2 N–H and O–H groups in total. The van der Waals surface area contributed by atoms with Crippen LogP contribution in [0, 0.1) is 17.2 Å². The van der Waals surface area contributed by atoms with Crippen LogP contribution in [0.4, 0.5) is 4.79 Å². The van der Waals surface area contributed by atoms with E-state index in [1.807, 2.05) is 30.3 Å². The Morgan fingerprint density at radius 3 is 2.29 bits per heavy atom. The summed E-state index contributed by atoms with van der Waals surface area (Å²) in [5, 5.41) is 21.5. The number of hydrogen-bond acceptors (Lipinski definition) is 9. The molecule has 2 atom stereocenters. The summed E-state index contributed by atoms with van der Waals surface area (Å²) in [7, 11) is -4.05. The summed E-state index contributed by atoms with van der Waals surface area (Å²) in [5.74, 6) is -2.09. The topological polar surface area (TPSA) is 172 Å². The molecule has 4 rings (SSSR count). The van der Waals surface area contributed by atoms with Gasteiger partial charge in [0.1, 0.15) is 17.9 Å². The minimum absolute atomic E-state index is 0.0337. The van der Waals surface area contributed by atoms with Crippen LogP contribution in [0.2, 0.25) is 0 Å². The van der Waals surface area contributed by atoms with E-state index in [-0.39, 0.29) is 24.4 Å². The number of alkyl carbamates (subject to hydrolysis) is 1. The lowest BCUT2D eigenvalue weighted by molar-refractivity contribution is -0.169. The number of ether oxygens (including phenoxy) is 3. The number of aliphatic carboxylic acids is 1. The van der Waals surface area contributed by atoms with Gasteiger partial charge in [0.25, 0.3) is 0 Å². The highest BCUT2D eigenvalue weighted by molar-refractivity contribution is 7.89. The van der Waals surface area contributed by atoms with Gasteiger partial charge in [-0.1, -0.05) is 68.4 Å². The molecular weight excluding hydrogens is 602 g/mol. The molecule has 1 heterocycles. The average Bonchev–Trinajstić information content (AvgIpc) is 2.98. The molecule has 1 fully saturated rings. The summed E-state index contributed by atoms with van der Waals surface area (Å²) < 4.78 is 44.9. The van der Waals surface area contributed by atoms with Crippen LogP contribution < -0.4 is 10.1 Å². The van der Waals surface area contributed by atoms with Crippen molar-refractivity contribution < 1.29 is 42.1 Å². The number of benzene rings is 3. The van der Waals surface area contributed by atoms with E-state index in [2.05, 4.69) is 11.4 Å². The fourth-order valence-electron chi connectivity index (χ4n) is 4.67. The van der Waals surface area contributed by atoms with Gasteiger partial charge in [-0.15, -0.1) is 0 Å². The van der Waals surface area contributed by atoms with Crippen molar-refractivity contribution in [3.8, 4) is 11.8 Å². The molecule has 0 spiro atoms. The van der Waals surface area contributed by atoms with Crippen molar-refractivity contribution in [1.82, 2.24) is 9.62 Å². The Morgan fingerprint density at radius 1 is 0.978 bits per heavy atom. The van der Waals surface area contributed by atoms with Crippen molar-refractivity contribution in [3.05, 3.63) is 95.6 Å². The van der Waals surface area contributed by atoms with Gasteiger partial charge in [0, 0.05) is 13.3 Å². The highest BCUT2D eigenvalue weighted by Gasteiger charge is 2.52. The maximum absolute atomic E-state index is 13.7. The molecule has 0 aliphatic carbocycles. The maximum Gasteiger partial charge on any atom is 0.410 e. The molecule has 1 aliphatic heterocycles. The number of carboxylic acid groups (broad SMARTS) is 1. The Balaban J connectivity index is 1.48. The fraction of sp³-hybridized carbons (Fsp3) is 0.312. The first-order valence-electron chi connectivity index (χ1n) is 14.1. The zero-order valence-corrected chi connectivity index (χ0v) is 25.7. The van der Waals surface area contributed by atoms with E-state index in [4.69, 9.17) is 14.2 Å². The number of rotatable bonds is 12. The van der Waals surface area contributed by atoms with Gasteiger partial charge in [-0.05, 0) is 35.4 Å². The number of nitrogens with zero attached hydrogens (tertiary/aromatic N) is 2. The van der Waals surface area contributed by atoms with Gasteiger partial charge in [-0.3, -0.25) is 4.79 Å². The van der Waals surface area contributed by atoms with Crippen molar-refractivity contribution >= 4 is 28.1 Å². The van der Waals surface area contributed by atoms with Crippen LogP contribution >= 0.6 is 0 Å². The molecule has 3 aromatic rings. The fourth-order valence-corrected chi connectivity index (χ4v) is 6.27. The standard InChI is InChI=1S/C32H33N3O9S/c1-21(2)30(38)42-22(3)43-31(39)34-27(29(36)37)17-23-10-9-14-26(16-23)45(40,41)35-19-32(20-35,25-12-5-4-6-13-25)44-28-15-8-7-11-24(28)18-33/h4-16,21-22,27H,17,19-20H2,1-3H3,(H,34,39)(H,36,37)/t22?,27-/m0/s1. The lowest BCUT2D eigenvalue weighted by Gasteiger charge is -2.49. The zero-order chi connectivity index (χ0) is 32.8. The highest BCUT2D eigenvalue weighted by Crippen LogP contribution is 2.40. The van der Waals surface area contributed by atoms with Crippen molar-refractivity contribution in [2.75, 3.05) is 13.1 Å². The third-order valence-electron chi connectivity index (χ3n) is 7.07. The molecule has 0 aromatic heterocycles. The van der Waals surface area contributed by atoms with Crippen LogP contribution in [0.3, 0.4) is 0 Å². The Hall–Kier alpha value is -4.93. The number of esters is 1. The smallest absolute Gasteiger partial charge is 0.410 e. The third-order valence-corrected chi connectivity index (χ3v) is 8.86. The van der Waals surface area contributed by atoms with Gasteiger partial charge in [0.05, 0.1) is 29.5 Å². The predicted molar refractivity (Wildman–Crippen MR) is 160 cm³/mol. The van der Waals surface area contributed by atoms with E-state index in [1.165, 1.54) is 29.4 Å². The van der Waals surface area contributed by atoms with Gasteiger partial charge in [0.15, 0.2) is 5.60 Å². The number of nitrogens with one attached hydrogen (secondary N) is 1. The van der Waals surface area contributed by atoms with E-state index in [0.717, 1.165) is 5.56 Å². The second-order valence-corrected chi connectivity index (χ2v) is 12.7. The second kappa shape index (κ2) is 13.8. The number of carbonyl (C=O) groups excluding carboxylic acids is 2. The average molecular weight is 636 g/mol. The van der Waals surface area contributed by atoms with Crippen molar-refractivity contribution in [2.45, 2.75) is 50.0 Å². The Labute approximate surface area is 261 Å². The van der Waals surface area contributed by atoms with Crippen LogP contribution in [0.1, 0.15) is 37.5 Å². The number of hydrogen-bond donors (Lipinski definition) is 2. The van der Waals surface area contributed by atoms with Crippen LogP contribution in [-0.2, 0) is 41.1 Å². The van der Waals surface area contributed by atoms with Gasteiger partial charge in [0.2, 0.25) is 16.3 Å². The monoisotopic (exact) mass is 635 g/mol. The maximum atomic E-state index is 13.7. The molecule has 1 amide bonds. The number of nitriles is 1. The first-order chi connectivity index (χ1) is 21.3.